The highest BCUT2D eigenvalue weighted by Crippen LogP contribution is 2.17. The summed E-state index contributed by atoms with van der Waals surface area (Å²) in [6.45, 7) is 2.21. The summed E-state index contributed by atoms with van der Waals surface area (Å²) in [5.74, 6) is 0. The average Bonchev–Trinajstić information content (AvgIpc) is 2.18. The molecule has 1 atom stereocenters. The molecule has 1 unspecified atom stereocenters. The Hall–Kier alpha value is -0.200. The zero-order valence-electron chi connectivity index (χ0n) is 9.18. The van der Waals surface area contributed by atoms with Gasteiger partial charge in [-0.15, -0.1) is 11.6 Å². The topological polar surface area (TPSA) is 0 Å². The molecule has 0 bridgehead atoms. The predicted molar refractivity (Wildman–Crippen MR) is 68.9 cm³/mol. The summed E-state index contributed by atoms with van der Waals surface area (Å²) in [7, 11) is 0. The maximum Gasteiger partial charge on any atom is 0.0408 e. The van der Waals surface area contributed by atoms with Crippen LogP contribution in [-0.2, 0) is 6.42 Å². The van der Waals surface area contributed by atoms with Crippen LogP contribution in [0.3, 0.4) is 0 Å². The molecule has 15 heavy (non-hydrogen) atoms. The first-order chi connectivity index (χ1) is 7.22. The lowest BCUT2D eigenvalue weighted by atomic mass is 10.1. The van der Waals surface area contributed by atoms with Crippen LogP contribution in [0.25, 0.3) is 0 Å². The summed E-state index contributed by atoms with van der Waals surface area (Å²) in [6.07, 6.45) is 5.78. The number of rotatable bonds is 6. The molecule has 0 nitrogen and oxygen atoms in total. The van der Waals surface area contributed by atoms with E-state index in [9.17, 15) is 0 Å². The van der Waals surface area contributed by atoms with Crippen molar-refractivity contribution in [3.8, 4) is 0 Å². The quantitative estimate of drug-likeness (QED) is 0.484. The fourth-order valence-electron chi connectivity index (χ4n) is 1.64. The molecule has 1 aromatic rings. The Morgan fingerprint density at radius 1 is 1.27 bits per heavy atom. The number of unbranched alkanes of at least 4 members (excludes halogenated alkanes) is 2. The molecule has 0 spiro atoms. The third-order valence-electron chi connectivity index (χ3n) is 2.47. The Labute approximate surface area is 103 Å². The summed E-state index contributed by atoms with van der Waals surface area (Å²) >= 11 is 12.2. The van der Waals surface area contributed by atoms with Gasteiger partial charge in [-0.1, -0.05) is 49.9 Å². The van der Waals surface area contributed by atoms with Crippen molar-refractivity contribution in [2.45, 2.75) is 44.4 Å². The van der Waals surface area contributed by atoms with E-state index >= 15 is 0 Å². The van der Waals surface area contributed by atoms with Crippen LogP contribution in [0.15, 0.2) is 24.3 Å². The van der Waals surface area contributed by atoms with Crippen molar-refractivity contribution in [2.75, 3.05) is 0 Å². The van der Waals surface area contributed by atoms with Gasteiger partial charge >= 0.3 is 0 Å². The minimum Gasteiger partial charge on any atom is -0.123 e. The van der Waals surface area contributed by atoms with E-state index in [0.29, 0.717) is 0 Å². The SMILES string of the molecule is CCCCCC(Cl)Cc1cccc(Cl)c1. The lowest BCUT2D eigenvalue weighted by Gasteiger charge is -2.09. The maximum atomic E-state index is 6.26. The van der Waals surface area contributed by atoms with Crippen molar-refractivity contribution in [1.29, 1.82) is 0 Å². The Kier molecular flexibility index (Phi) is 6.12. The van der Waals surface area contributed by atoms with Crippen molar-refractivity contribution in [3.05, 3.63) is 34.9 Å². The van der Waals surface area contributed by atoms with E-state index in [2.05, 4.69) is 13.0 Å². The molecule has 0 radical (unpaired) electrons. The molecule has 0 fully saturated rings. The predicted octanol–water partition coefficient (Wildman–Crippen LogP) is 5.07. The van der Waals surface area contributed by atoms with Crippen molar-refractivity contribution >= 4 is 23.2 Å². The lowest BCUT2D eigenvalue weighted by Crippen LogP contribution is -2.03. The zero-order valence-corrected chi connectivity index (χ0v) is 10.7. The van der Waals surface area contributed by atoms with Crippen LogP contribution >= 0.6 is 23.2 Å². The summed E-state index contributed by atoms with van der Waals surface area (Å²) in [5.41, 5.74) is 1.24. The Morgan fingerprint density at radius 3 is 2.73 bits per heavy atom. The number of alkyl halides is 1. The van der Waals surface area contributed by atoms with Gasteiger partial charge in [-0.25, -0.2) is 0 Å². The van der Waals surface area contributed by atoms with Crippen molar-refractivity contribution in [2.24, 2.45) is 0 Å². The van der Waals surface area contributed by atoms with Crippen LogP contribution in [0, 0.1) is 0 Å². The smallest absolute Gasteiger partial charge is 0.0408 e. The highest BCUT2D eigenvalue weighted by molar-refractivity contribution is 6.30. The van der Waals surface area contributed by atoms with Crippen molar-refractivity contribution in [3.63, 3.8) is 0 Å². The van der Waals surface area contributed by atoms with Crippen molar-refractivity contribution < 1.29 is 0 Å². The first kappa shape index (κ1) is 12.9. The molecule has 2 heteroatoms. The van der Waals surface area contributed by atoms with Crippen LogP contribution in [-0.4, -0.2) is 5.38 Å². The molecule has 0 aromatic heterocycles. The van der Waals surface area contributed by atoms with Crippen LogP contribution in [0.4, 0.5) is 0 Å². The van der Waals surface area contributed by atoms with Gasteiger partial charge in [-0.2, -0.15) is 0 Å². The molecule has 84 valence electrons. The van der Waals surface area contributed by atoms with Gasteiger partial charge in [0.2, 0.25) is 0 Å². The Bertz CT molecular complexity index is 284. The molecule has 0 N–H and O–H groups in total. The van der Waals surface area contributed by atoms with Gasteiger partial charge in [0.1, 0.15) is 0 Å². The summed E-state index contributed by atoms with van der Waals surface area (Å²) in [6, 6.07) is 7.95. The highest BCUT2D eigenvalue weighted by Gasteiger charge is 2.05. The lowest BCUT2D eigenvalue weighted by molar-refractivity contribution is 0.638. The van der Waals surface area contributed by atoms with Crippen LogP contribution in [0.5, 0.6) is 0 Å². The van der Waals surface area contributed by atoms with E-state index in [1.807, 2.05) is 18.2 Å². The summed E-state index contributed by atoms with van der Waals surface area (Å²) in [4.78, 5) is 0. The minimum absolute atomic E-state index is 0.245. The van der Waals surface area contributed by atoms with Gasteiger partial charge < -0.3 is 0 Å². The standard InChI is InChI=1S/C13H18Cl2/c1-2-3-4-7-12(14)9-11-6-5-8-13(15)10-11/h5-6,8,10,12H,2-4,7,9H2,1H3. The van der Waals surface area contributed by atoms with E-state index in [1.165, 1.54) is 24.8 Å². The van der Waals surface area contributed by atoms with E-state index in [-0.39, 0.29) is 5.38 Å². The van der Waals surface area contributed by atoms with Gasteiger partial charge in [0.05, 0.1) is 0 Å². The van der Waals surface area contributed by atoms with E-state index in [1.54, 1.807) is 0 Å². The number of hydrogen-bond donors (Lipinski definition) is 0. The molecular weight excluding hydrogens is 227 g/mol. The summed E-state index contributed by atoms with van der Waals surface area (Å²) < 4.78 is 0. The molecule has 1 rings (SSSR count). The average molecular weight is 245 g/mol. The van der Waals surface area contributed by atoms with E-state index in [0.717, 1.165) is 17.9 Å². The van der Waals surface area contributed by atoms with Gasteiger partial charge in [0, 0.05) is 10.4 Å². The molecule has 1 aromatic carbocycles. The number of halogens is 2. The van der Waals surface area contributed by atoms with Crippen LogP contribution < -0.4 is 0 Å². The van der Waals surface area contributed by atoms with E-state index < -0.39 is 0 Å². The Balaban J connectivity index is 2.34. The molecule has 0 amide bonds. The molecule has 0 aliphatic carbocycles. The second-order valence-corrected chi connectivity index (χ2v) is 4.98. The van der Waals surface area contributed by atoms with Crippen molar-refractivity contribution in [1.82, 2.24) is 0 Å². The second kappa shape index (κ2) is 7.14. The van der Waals surface area contributed by atoms with Gasteiger partial charge in [-0.05, 0) is 30.5 Å². The summed E-state index contributed by atoms with van der Waals surface area (Å²) in [5, 5.41) is 1.04. The molecular formula is C13H18Cl2. The molecule has 0 aliphatic heterocycles. The maximum absolute atomic E-state index is 6.26. The number of hydrogen-bond acceptors (Lipinski definition) is 0. The fraction of sp³-hybridized carbons (Fsp3) is 0.538. The van der Waals surface area contributed by atoms with Gasteiger partial charge in [0.15, 0.2) is 0 Å². The first-order valence-corrected chi connectivity index (χ1v) is 6.42. The van der Waals surface area contributed by atoms with Crippen LogP contribution in [0.2, 0.25) is 5.02 Å². The second-order valence-electron chi connectivity index (χ2n) is 3.93. The van der Waals surface area contributed by atoms with E-state index in [4.69, 9.17) is 23.2 Å². The zero-order chi connectivity index (χ0) is 11.1. The first-order valence-electron chi connectivity index (χ1n) is 5.61. The molecule has 0 aliphatic rings. The van der Waals surface area contributed by atoms with Gasteiger partial charge in [0.25, 0.3) is 0 Å². The van der Waals surface area contributed by atoms with Crippen LogP contribution in [0.1, 0.15) is 38.2 Å². The van der Waals surface area contributed by atoms with Gasteiger partial charge in [-0.3, -0.25) is 0 Å². The molecule has 0 heterocycles. The fourth-order valence-corrected chi connectivity index (χ4v) is 2.18. The number of benzene rings is 1. The Morgan fingerprint density at radius 2 is 2.07 bits per heavy atom. The normalized spacial score (nSPS) is 12.7. The minimum atomic E-state index is 0.245. The largest absolute Gasteiger partial charge is 0.123 e. The third kappa shape index (κ3) is 5.44. The third-order valence-corrected chi connectivity index (χ3v) is 3.07. The highest BCUT2D eigenvalue weighted by atomic mass is 35.5. The monoisotopic (exact) mass is 244 g/mol. The molecule has 0 saturated carbocycles. The molecule has 0 saturated heterocycles.